The molecule has 0 bridgehead atoms. The Morgan fingerprint density at radius 1 is 0.339 bits per heavy atom. The molecule has 0 aliphatic heterocycles. The van der Waals surface area contributed by atoms with Gasteiger partial charge in [0.25, 0.3) is 0 Å². The summed E-state index contributed by atoms with van der Waals surface area (Å²) < 4.78 is 4.79. The molecule has 0 saturated heterocycles. The normalized spacial score (nSPS) is 11.6. The second kappa shape index (κ2) is 13.1. The summed E-state index contributed by atoms with van der Waals surface area (Å²) in [6, 6.07) is 69.8. The number of hydrogen-bond acceptors (Lipinski definition) is 3. The summed E-state index contributed by atoms with van der Waals surface area (Å²) >= 11 is 3.61. The summed E-state index contributed by atoms with van der Waals surface area (Å²) in [5, 5.41) is 14.1. The largest absolute Gasteiger partial charge is 0.309 e. The molecule has 0 fully saturated rings. The van der Waals surface area contributed by atoms with Crippen LogP contribution in [0.2, 0.25) is 0 Å². The van der Waals surface area contributed by atoms with E-state index in [1.165, 1.54) is 79.8 Å². The molecule has 11 aromatic rings. The van der Waals surface area contributed by atoms with Crippen molar-refractivity contribution in [3.8, 4) is 59.2 Å². The average molecular weight is 750 g/mol. The van der Waals surface area contributed by atoms with Gasteiger partial charge >= 0.3 is 0 Å². The van der Waals surface area contributed by atoms with Crippen molar-refractivity contribution in [3.63, 3.8) is 0 Å². The van der Waals surface area contributed by atoms with Crippen molar-refractivity contribution >= 4 is 66.3 Å². The Bertz CT molecular complexity index is 3300. The van der Waals surface area contributed by atoms with E-state index in [0.717, 1.165) is 16.9 Å². The van der Waals surface area contributed by atoms with Crippen LogP contribution in [-0.2, 0) is 0 Å². The molecule has 0 unspecified atom stereocenters. The van der Waals surface area contributed by atoms with Crippen molar-refractivity contribution in [2.75, 3.05) is 0 Å². The van der Waals surface area contributed by atoms with Crippen molar-refractivity contribution in [3.05, 3.63) is 194 Å². The van der Waals surface area contributed by atoms with Crippen LogP contribution in [0.5, 0.6) is 0 Å². The minimum absolute atomic E-state index is 0.682. The van der Waals surface area contributed by atoms with Gasteiger partial charge in [0.15, 0.2) is 0 Å². The number of rotatable bonds is 6. The number of nitriles is 1. The van der Waals surface area contributed by atoms with Crippen LogP contribution in [0.1, 0.15) is 5.56 Å². The van der Waals surface area contributed by atoms with E-state index in [-0.39, 0.29) is 0 Å². The van der Waals surface area contributed by atoms with Crippen LogP contribution in [0.3, 0.4) is 0 Å². The summed E-state index contributed by atoms with van der Waals surface area (Å²) in [6.45, 7) is 0. The molecule has 0 aliphatic carbocycles. The monoisotopic (exact) mass is 749 g/mol. The fourth-order valence-corrected chi connectivity index (χ4v) is 10.3. The van der Waals surface area contributed by atoms with Gasteiger partial charge in [-0.2, -0.15) is 5.26 Å². The van der Waals surface area contributed by atoms with Crippen LogP contribution in [-0.4, -0.2) is 9.13 Å². The van der Waals surface area contributed by atoms with Gasteiger partial charge in [0.1, 0.15) is 0 Å². The van der Waals surface area contributed by atoms with Gasteiger partial charge in [0, 0.05) is 52.4 Å². The van der Waals surface area contributed by atoms with Crippen molar-refractivity contribution in [1.29, 1.82) is 5.26 Å². The first-order chi connectivity index (χ1) is 27.7. The van der Waals surface area contributed by atoms with E-state index in [0.29, 0.717) is 5.56 Å². The standard InChI is InChI=1S/C51H31N3S2/c52-32-33-14-16-35(17-15-33)48-26-28-50(55-48)51-29-27-49(56-51)36-20-18-34(19-21-36)37-22-24-46-42(30-37)40-10-4-7-13-45(40)54(46)39-23-25-47-43(31-39)41-11-5-6-12-44(41)53(47)38-8-2-1-3-9-38/h1-31H. The maximum Gasteiger partial charge on any atom is 0.0991 e. The van der Waals surface area contributed by atoms with Crippen LogP contribution >= 0.6 is 22.7 Å². The molecule has 0 atom stereocenters. The van der Waals surface area contributed by atoms with Gasteiger partial charge in [-0.15, -0.1) is 22.7 Å². The van der Waals surface area contributed by atoms with E-state index in [1.54, 1.807) is 11.3 Å². The molecule has 0 aliphatic rings. The molecule has 0 N–H and O–H groups in total. The van der Waals surface area contributed by atoms with Crippen LogP contribution < -0.4 is 0 Å². The molecular formula is C51H31N3S2. The highest BCUT2D eigenvalue weighted by atomic mass is 32.1. The highest BCUT2D eigenvalue weighted by molar-refractivity contribution is 7.25. The Kier molecular flexibility index (Phi) is 7.60. The second-order valence-electron chi connectivity index (χ2n) is 14.1. The van der Waals surface area contributed by atoms with Crippen molar-refractivity contribution < 1.29 is 0 Å². The van der Waals surface area contributed by atoms with Crippen LogP contribution in [0, 0.1) is 11.3 Å². The van der Waals surface area contributed by atoms with E-state index < -0.39 is 0 Å². The Morgan fingerprint density at radius 3 is 1.43 bits per heavy atom. The zero-order chi connectivity index (χ0) is 37.2. The predicted molar refractivity (Wildman–Crippen MR) is 237 cm³/mol. The fraction of sp³-hybridized carbons (Fsp3) is 0. The number of nitrogens with zero attached hydrogens (tertiary/aromatic N) is 3. The molecule has 4 aromatic heterocycles. The Labute approximate surface area is 331 Å². The van der Waals surface area contributed by atoms with Crippen molar-refractivity contribution in [2.45, 2.75) is 0 Å². The number of thiophene rings is 2. The van der Waals surface area contributed by atoms with Crippen LogP contribution in [0.4, 0.5) is 0 Å². The predicted octanol–water partition coefficient (Wildman–Crippen LogP) is 14.5. The second-order valence-corrected chi connectivity index (χ2v) is 16.2. The minimum atomic E-state index is 0.682. The van der Waals surface area contributed by atoms with Crippen LogP contribution in [0.15, 0.2) is 188 Å². The van der Waals surface area contributed by atoms with Gasteiger partial charge < -0.3 is 9.13 Å². The average Bonchev–Trinajstić information content (AvgIpc) is 4.08. The summed E-state index contributed by atoms with van der Waals surface area (Å²) in [5.41, 5.74) is 12.6. The zero-order valence-electron chi connectivity index (χ0n) is 30.1. The molecule has 0 spiro atoms. The molecule has 0 saturated carbocycles. The molecule has 0 radical (unpaired) electrons. The van der Waals surface area contributed by atoms with Gasteiger partial charge in [0.05, 0.1) is 33.7 Å². The molecule has 7 aromatic carbocycles. The van der Waals surface area contributed by atoms with E-state index >= 15 is 0 Å². The maximum absolute atomic E-state index is 9.16. The number of fused-ring (bicyclic) bond motifs is 6. The van der Waals surface area contributed by atoms with E-state index in [9.17, 15) is 0 Å². The third-order valence-corrected chi connectivity index (χ3v) is 13.3. The van der Waals surface area contributed by atoms with Gasteiger partial charge in [-0.05, 0) is 113 Å². The first-order valence-electron chi connectivity index (χ1n) is 18.6. The van der Waals surface area contributed by atoms with Gasteiger partial charge in [-0.25, -0.2) is 0 Å². The first kappa shape index (κ1) is 32.5. The number of hydrogen-bond donors (Lipinski definition) is 0. The SMILES string of the molecule is N#Cc1ccc(-c2ccc(-c3ccc(-c4ccc(-c5ccc6c(c5)c5ccccc5n6-c5ccc6c(c5)c5ccccc5n6-c5ccccc5)cc4)s3)s2)cc1. The number of aromatic nitrogens is 2. The lowest BCUT2D eigenvalue weighted by atomic mass is 10.0. The van der Waals surface area contributed by atoms with Gasteiger partial charge in [-0.3, -0.25) is 0 Å². The minimum Gasteiger partial charge on any atom is -0.309 e. The molecule has 5 heteroatoms. The van der Waals surface area contributed by atoms with Gasteiger partial charge in [0.2, 0.25) is 0 Å². The molecular weight excluding hydrogens is 719 g/mol. The lowest BCUT2D eigenvalue weighted by Crippen LogP contribution is -1.95. The molecule has 0 amide bonds. The fourth-order valence-electron chi connectivity index (χ4n) is 8.17. The Hall–Kier alpha value is -6.97. The molecule has 262 valence electrons. The topological polar surface area (TPSA) is 33.6 Å². The number of para-hydroxylation sites is 3. The highest BCUT2D eigenvalue weighted by Crippen LogP contribution is 2.42. The summed E-state index contributed by atoms with van der Waals surface area (Å²) in [6.07, 6.45) is 0. The maximum atomic E-state index is 9.16. The molecule has 3 nitrogen and oxygen atoms in total. The molecule has 11 rings (SSSR count). The third kappa shape index (κ3) is 5.31. The number of benzene rings is 7. The lowest BCUT2D eigenvalue weighted by molar-refractivity contribution is 1.17. The quantitative estimate of drug-likeness (QED) is 0.167. The summed E-state index contributed by atoms with van der Waals surface area (Å²) in [7, 11) is 0. The van der Waals surface area contributed by atoms with Crippen molar-refractivity contribution in [1.82, 2.24) is 9.13 Å². The third-order valence-electron chi connectivity index (χ3n) is 10.9. The first-order valence-corrected chi connectivity index (χ1v) is 20.3. The smallest absolute Gasteiger partial charge is 0.0991 e. The van der Waals surface area contributed by atoms with E-state index in [2.05, 4.69) is 179 Å². The summed E-state index contributed by atoms with van der Waals surface area (Å²) in [5.74, 6) is 0. The lowest BCUT2D eigenvalue weighted by Gasteiger charge is -2.10. The van der Waals surface area contributed by atoms with E-state index in [4.69, 9.17) is 5.26 Å². The highest BCUT2D eigenvalue weighted by Gasteiger charge is 2.17. The van der Waals surface area contributed by atoms with Crippen LogP contribution in [0.25, 0.3) is 96.7 Å². The van der Waals surface area contributed by atoms with Gasteiger partial charge in [-0.1, -0.05) is 97.1 Å². The molecule has 56 heavy (non-hydrogen) atoms. The Morgan fingerprint density at radius 2 is 0.804 bits per heavy atom. The van der Waals surface area contributed by atoms with Crippen molar-refractivity contribution in [2.24, 2.45) is 0 Å². The van der Waals surface area contributed by atoms with E-state index in [1.807, 2.05) is 35.6 Å². The summed E-state index contributed by atoms with van der Waals surface area (Å²) in [4.78, 5) is 4.97. The Balaban J connectivity index is 0.932. The molecule has 4 heterocycles. The zero-order valence-corrected chi connectivity index (χ0v) is 31.7.